The van der Waals surface area contributed by atoms with Crippen molar-refractivity contribution in [2.45, 2.75) is 92.6 Å². The zero-order chi connectivity index (χ0) is 23.4. The van der Waals surface area contributed by atoms with Crippen LogP contribution in [-0.4, -0.2) is 6.88 Å². The van der Waals surface area contributed by atoms with Crippen molar-refractivity contribution >= 4 is 43.8 Å². The van der Waals surface area contributed by atoms with Crippen LogP contribution in [0.4, 0.5) is 0 Å². The molecule has 2 fully saturated rings. The Hall–Kier alpha value is -0.400. The molecule has 4 aliphatic rings. The molecule has 0 heterocycles. The summed E-state index contributed by atoms with van der Waals surface area (Å²) in [6.45, 7) is 7.79. The summed E-state index contributed by atoms with van der Waals surface area (Å²) in [6.07, 6.45) is 20.0. The Balaban J connectivity index is 0.00000152. The van der Waals surface area contributed by atoms with E-state index in [9.17, 15) is 0 Å². The van der Waals surface area contributed by atoms with Crippen LogP contribution in [0.15, 0.2) is 59.7 Å². The minimum atomic E-state index is -3.72. The summed E-state index contributed by atoms with van der Waals surface area (Å²) in [5.74, 6) is 0. The number of hydrogen-bond donors (Lipinski definition) is 0. The molecule has 0 radical (unpaired) electrons. The number of allylic oxidation sites excluding steroid dienone is 2. The van der Waals surface area contributed by atoms with Crippen molar-refractivity contribution in [1.29, 1.82) is 0 Å². The van der Waals surface area contributed by atoms with E-state index in [1.807, 2.05) is 0 Å². The monoisotopic (exact) mass is 616 g/mol. The van der Waals surface area contributed by atoms with Gasteiger partial charge in [-0.25, -0.2) is 0 Å². The van der Waals surface area contributed by atoms with E-state index >= 15 is 0 Å². The standard InChI is InChI=1S/2C10H9.2C6H11.2ClH.H2Si.Zr/c2*1-8-6-9-4-2-3-5-10(9)7-8;2*1-2-4-6-5-3-1;;;;/h2*2-7H,1H3;2*1H,2-6H2;2*1H;1H2;. The predicted molar refractivity (Wildman–Crippen MR) is 162 cm³/mol. The number of rotatable bonds is 4. The SMILES string of the molecule is CC1=Cc2ccccc2[CH]1[Zr](=[SiH2])([CH]1CCCCC1)([CH]1CCCCC1)[CH]1C(C)=Cc2ccccc21.Cl.Cl. The van der Waals surface area contributed by atoms with Gasteiger partial charge in [-0.15, -0.1) is 24.8 Å². The van der Waals surface area contributed by atoms with Gasteiger partial charge >= 0.3 is 211 Å². The van der Waals surface area contributed by atoms with Crippen molar-refractivity contribution < 1.29 is 17.4 Å². The average molecular weight is 619 g/mol. The number of fused-ring (bicyclic) bond motifs is 2. The third-order valence-electron chi connectivity index (χ3n) is 10.9. The molecule has 0 N–H and O–H groups in total. The fraction of sp³-hybridized carbons (Fsp3) is 0.500. The van der Waals surface area contributed by atoms with Crippen molar-refractivity contribution in [2.75, 3.05) is 0 Å². The molecule has 0 bridgehead atoms. The second-order valence-corrected chi connectivity index (χ2v) is 37.8. The molecule has 0 spiro atoms. The fourth-order valence-corrected chi connectivity index (χ4v) is 48.0. The van der Waals surface area contributed by atoms with E-state index in [0.29, 0.717) is 0 Å². The van der Waals surface area contributed by atoms with Gasteiger partial charge in [0.2, 0.25) is 0 Å². The Morgan fingerprint density at radius 3 is 1.33 bits per heavy atom. The van der Waals surface area contributed by atoms with Gasteiger partial charge in [0.25, 0.3) is 0 Å². The van der Waals surface area contributed by atoms with E-state index in [2.05, 4.69) is 81.4 Å². The molecule has 194 valence electrons. The van der Waals surface area contributed by atoms with E-state index in [4.69, 9.17) is 0 Å². The van der Waals surface area contributed by atoms with Gasteiger partial charge < -0.3 is 0 Å². The maximum Gasteiger partial charge on any atom is -0.147 e. The number of hydrogen-bond acceptors (Lipinski definition) is 0. The van der Waals surface area contributed by atoms with Crippen LogP contribution in [0.3, 0.4) is 0 Å². The zero-order valence-electron chi connectivity index (χ0n) is 22.2. The van der Waals surface area contributed by atoms with Gasteiger partial charge in [0.1, 0.15) is 0 Å². The maximum absolute atomic E-state index is 3.72. The minimum absolute atomic E-state index is 0. The van der Waals surface area contributed by atoms with Crippen molar-refractivity contribution in [3.8, 4) is 0 Å². The largest absolute Gasteiger partial charge is 0.147 e. The predicted octanol–water partition coefficient (Wildman–Crippen LogP) is 9.89. The van der Waals surface area contributed by atoms with Gasteiger partial charge in [-0.2, -0.15) is 0 Å². The van der Waals surface area contributed by atoms with Crippen LogP contribution in [0.1, 0.15) is 108 Å². The molecule has 0 aromatic heterocycles. The molecule has 36 heavy (non-hydrogen) atoms. The van der Waals surface area contributed by atoms with Crippen molar-refractivity contribution in [3.05, 3.63) is 81.9 Å². The van der Waals surface area contributed by atoms with Gasteiger partial charge in [0.05, 0.1) is 0 Å². The molecule has 4 heteroatoms. The molecule has 0 amide bonds. The molecule has 2 unspecified atom stereocenters. The molecule has 6 rings (SSSR count). The van der Waals surface area contributed by atoms with Crippen LogP contribution in [0.2, 0.25) is 7.25 Å². The molecule has 2 saturated carbocycles. The Morgan fingerprint density at radius 1 is 0.583 bits per heavy atom. The molecule has 0 saturated heterocycles. The van der Waals surface area contributed by atoms with Gasteiger partial charge in [0.15, 0.2) is 0 Å². The van der Waals surface area contributed by atoms with Gasteiger partial charge in [-0.05, 0) is 0 Å². The van der Waals surface area contributed by atoms with E-state index in [0.717, 1.165) is 14.5 Å². The first-order valence-electron chi connectivity index (χ1n) is 14.1. The van der Waals surface area contributed by atoms with E-state index < -0.39 is 17.4 Å². The first-order valence-corrected chi connectivity index (χ1v) is 25.7. The second kappa shape index (κ2) is 11.0. The molecule has 2 aromatic carbocycles. The van der Waals surface area contributed by atoms with Crippen LogP contribution >= 0.6 is 24.8 Å². The van der Waals surface area contributed by atoms with E-state index in [1.54, 1.807) is 22.3 Å². The van der Waals surface area contributed by atoms with Crippen LogP contribution in [0.5, 0.6) is 0 Å². The van der Waals surface area contributed by atoms with Crippen molar-refractivity contribution in [2.24, 2.45) is 0 Å². The molecular weight excluding hydrogens is 575 g/mol. The fourth-order valence-electron chi connectivity index (χ4n) is 9.88. The smallest absolute Gasteiger partial charge is 0.147 e. The summed E-state index contributed by atoms with van der Waals surface area (Å²) in [6, 6.07) is 19.1. The minimum Gasteiger partial charge on any atom is -0.147 e. The third-order valence-corrected chi connectivity index (χ3v) is 45.9. The summed E-state index contributed by atoms with van der Waals surface area (Å²) in [5.41, 5.74) is 9.95. The van der Waals surface area contributed by atoms with Crippen LogP contribution in [0, 0.1) is 0 Å². The maximum atomic E-state index is 2.74. The summed E-state index contributed by atoms with van der Waals surface area (Å²) in [5, 5.41) is 0. The van der Waals surface area contributed by atoms with Gasteiger partial charge in [-0.1, -0.05) is 0 Å². The first kappa shape index (κ1) is 28.6. The molecule has 0 aliphatic heterocycles. The molecule has 2 aromatic rings. The second-order valence-electron chi connectivity index (χ2n) is 12.4. The van der Waals surface area contributed by atoms with E-state index in [-0.39, 0.29) is 24.8 Å². The Kier molecular flexibility index (Phi) is 8.74. The topological polar surface area (TPSA) is 0 Å². The van der Waals surface area contributed by atoms with Crippen LogP contribution in [0.25, 0.3) is 12.2 Å². The third kappa shape index (κ3) is 4.08. The molecule has 4 aliphatic carbocycles. The number of benzene rings is 2. The van der Waals surface area contributed by atoms with Crippen molar-refractivity contribution in [1.82, 2.24) is 0 Å². The summed E-state index contributed by atoms with van der Waals surface area (Å²) < 4.78 is 3.41. The molecule has 2 atom stereocenters. The first-order chi connectivity index (χ1) is 16.5. The normalized spacial score (nSPS) is 24.6. The Labute approximate surface area is 234 Å². The van der Waals surface area contributed by atoms with Crippen LogP contribution < -0.4 is 0 Å². The summed E-state index contributed by atoms with van der Waals surface area (Å²) in [4.78, 5) is 0. The number of halogens is 2. The van der Waals surface area contributed by atoms with Gasteiger partial charge in [-0.3, -0.25) is 0 Å². The van der Waals surface area contributed by atoms with Crippen molar-refractivity contribution in [3.63, 3.8) is 0 Å². The summed E-state index contributed by atoms with van der Waals surface area (Å²) in [7, 11) is 0. The molecular formula is C32H44Cl2SiZr. The summed E-state index contributed by atoms with van der Waals surface area (Å²) >= 11 is -3.72. The van der Waals surface area contributed by atoms with E-state index in [1.165, 1.54) is 75.3 Å². The average Bonchev–Trinajstić information content (AvgIpc) is 3.41. The molecule has 0 nitrogen and oxygen atoms in total. The Bertz CT molecular complexity index is 1130. The quantitative estimate of drug-likeness (QED) is 0.299. The van der Waals surface area contributed by atoms with Gasteiger partial charge in [0, 0.05) is 0 Å². The zero-order valence-corrected chi connectivity index (χ0v) is 27.7. The van der Waals surface area contributed by atoms with Crippen LogP contribution in [-0.2, 0) is 17.4 Å². The Morgan fingerprint density at radius 2 is 0.944 bits per heavy atom.